The molecule has 0 spiro atoms. The van der Waals surface area contributed by atoms with Gasteiger partial charge in [-0.2, -0.15) is 0 Å². The van der Waals surface area contributed by atoms with E-state index in [1.165, 1.54) is 0 Å². The van der Waals surface area contributed by atoms with Crippen LogP contribution in [0, 0.1) is 5.92 Å². The fraction of sp³-hybridized carbons (Fsp3) is 0.667. The Labute approximate surface area is 96.9 Å². The number of carbonyl (C=O) groups is 1. The van der Waals surface area contributed by atoms with E-state index in [-0.39, 0.29) is 11.8 Å². The van der Waals surface area contributed by atoms with E-state index in [1.54, 1.807) is 12.5 Å². The van der Waals surface area contributed by atoms with Crippen LogP contribution < -0.4 is 5.32 Å². The predicted molar refractivity (Wildman–Crippen MR) is 63.7 cm³/mol. The van der Waals surface area contributed by atoms with Crippen molar-refractivity contribution in [3.05, 3.63) is 18.2 Å². The van der Waals surface area contributed by atoms with Crippen molar-refractivity contribution in [1.82, 2.24) is 15.3 Å². The minimum absolute atomic E-state index is 0.155. The van der Waals surface area contributed by atoms with Crippen molar-refractivity contribution in [2.24, 2.45) is 5.92 Å². The van der Waals surface area contributed by atoms with Gasteiger partial charge in [0, 0.05) is 12.1 Å². The summed E-state index contributed by atoms with van der Waals surface area (Å²) in [5, 5.41) is 2.93. The number of imidazole rings is 1. The number of H-pyrrole nitrogens is 1. The van der Waals surface area contributed by atoms with Crippen LogP contribution in [0.4, 0.5) is 0 Å². The highest BCUT2D eigenvalue weighted by Gasteiger charge is 2.15. The third kappa shape index (κ3) is 4.04. The molecule has 1 unspecified atom stereocenters. The molecule has 0 aromatic carbocycles. The van der Waals surface area contributed by atoms with Crippen LogP contribution in [0.1, 0.15) is 45.2 Å². The second kappa shape index (κ2) is 7.04. The zero-order valence-corrected chi connectivity index (χ0v) is 10.1. The van der Waals surface area contributed by atoms with E-state index in [9.17, 15) is 4.79 Å². The van der Waals surface area contributed by atoms with Crippen LogP contribution in [-0.4, -0.2) is 15.9 Å². The van der Waals surface area contributed by atoms with Crippen LogP contribution in [0.5, 0.6) is 0 Å². The Balaban J connectivity index is 2.31. The van der Waals surface area contributed by atoms with Crippen LogP contribution in [0.2, 0.25) is 0 Å². The molecule has 16 heavy (non-hydrogen) atoms. The van der Waals surface area contributed by atoms with Gasteiger partial charge in [0.2, 0.25) is 5.91 Å². The monoisotopic (exact) mass is 223 g/mol. The maximum absolute atomic E-state index is 11.8. The van der Waals surface area contributed by atoms with Crippen LogP contribution in [-0.2, 0) is 11.3 Å². The highest BCUT2D eigenvalue weighted by molar-refractivity contribution is 5.78. The van der Waals surface area contributed by atoms with Gasteiger partial charge in [-0.25, -0.2) is 4.98 Å². The van der Waals surface area contributed by atoms with Crippen molar-refractivity contribution in [3.63, 3.8) is 0 Å². The van der Waals surface area contributed by atoms with Crippen molar-refractivity contribution in [2.75, 3.05) is 0 Å². The van der Waals surface area contributed by atoms with E-state index < -0.39 is 0 Å². The number of aromatic amines is 1. The summed E-state index contributed by atoms with van der Waals surface area (Å²) in [4.78, 5) is 18.7. The number of aromatic nitrogens is 2. The third-order valence-corrected chi connectivity index (χ3v) is 2.78. The van der Waals surface area contributed by atoms with Crippen molar-refractivity contribution < 1.29 is 4.79 Å². The Kier molecular flexibility index (Phi) is 5.61. The Morgan fingerprint density at radius 3 is 2.94 bits per heavy atom. The van der Waals surface area contributed by atoms with Crippen molar-refractivity contribution in [1.29, 1.82) is 0 Å². The molecule has 4 heteroatoms. The molecule has 1 aromatic heterocycles. The van der Waals surface area contributed by atoms with Crippen LogP contribution >= 0.6 is 0 Å². The summed E-state index contributed by atoms with van der Waals surface area (Å²) in [7, 11) is 0. The van der Waals surface area contributed by atoms with Gasteiger partial charge < -0.3 is 10.3 Å². The lowest BCUT2D eigenvalue weighted by atomic mass is 9.98. The van der Waals surface area contributed by atoms with Gasteiger partial charge in [-0.15, -0.1) is 0 Å². The molecule has 1 atom stereocenters. The maximum Gasteiger partial charge on any atom is 0.223 e. The van der Waals surface area contributed by atoms with E-state index in [0.717, 1.165) is 31.4 Å². The molecule has 90 valence electrons. The molecule has 1 amide bonds. The Morgan fingerprint density at radius 2 is 2.38 bits per heavy atom. The zero-order valence-electron chi connectivity index (χ0n) is 10.1. The number of unbranched alkanes of at least 4 members (excludes halogenated alkanes) is 1. The summed E-state index contributed by atoms with van der Waals surface area (Å²) in [6, 6.07) is 0. The number of rotatable bonds is 7. The molecule has 4 nitrogen and oxygen atoms in total. The lowest BCUT2D eigenvalue weighted by molar-refractivity contribution is -0.125. The van der Waals surface area contributed by atoms with Gasteiger partial charge >= 0.3 is 0 Å². The molecule has 0 aliphatic heterocycles. The summed E-state index contributed by atoms with van der Waals surface area (Å²) in [5.74, 6) is 0.313. The largest absolute Gasteiger partial charge is 0.350 e. The van der Waals surface area contributed by atoms with E-state index >= 15 is 0 Å². The first kappa shape index (κ1) is 12.7. The summed E-state index contributed by atoms with van der Waals surface area (Å²) < 4.78 is 0. The molecule has 2 N–H and O–H groups in total. The number of nitrogens with one attached hydrogen (secondary N) is 2. The number of hydrogen-bond acceptors (Lipinski definition) is 2. The highest BCUT2D eigenvalue weighted by atomic mass is 16.1. The Hall–Kier alpha value is -1.32. The average Bonchev–Trinajstić information content (AvgIpc) is 2.80. The van der Waals surface area contributed by atoms with Crippen molar-refractivity contribution in [3.8, 4) is 0 Å². The first-order valence-electron chi connectivity index (χ1n) is 6.02. The minimum Gasteiger partial charge on any atom is -0.350 e. The molecule has 1 rings (SSSR count). The summed E-state index contributed by atoms with van der Waals surface area (Å²) >= 11 is 0. The lowest BCUT2D eigenvalue weighted by Gasteiger charge is -2.13. The van der Waals surface area contributed by atoms with E-state index in [2.05, 4.69) is 29.1 Å². The van der Waals surface area contributed by atoms with Crippen LogP contribution in [0.3, 0.4) is 0 Å². The Morgan fingerprint density at radius 1 is 1.56 bits per heavy atom. The molecule has 0 aliphatic rings. The van der Waals surface area contributed by atoms with E-state index in [0.29, 0.717) is 6.54 Å². The molecule has 0 bridgehead atoms. The summed E-state index contributed by atoms with van der Waals surface area (Å²) in [5.41, 5.74) is 0.943. The van der Waals surface area contributed by atoms with E-state index in [4.69, 9.17) is 0 Å². The Bertz CT molecular complexity index is 295. The normalized spacial score (nSPS) is 12.4. The fourth-order valence-corrected chi connectivity index (χ4v) is 1.68. The topological polar surface area (TPSA) is 57.8 Å². The minimum atomic E-state index is 0.155. The van der Waals surface area contributed by atoms with Gasteiger partial charge in [0.05, 0.1) is 18.6 Å². The summed E-state index contributed by atoms with van der Waals surface area (Å²) in [6.45, 7) is 4.76. The molecule has 0 aliphatic carbocycles. The fourth-order valence-electron chi connectivity index (χ4n) is 1.68. The molecule has 1 heterocycles. The van der Waals surface area contributed by atoms with Crippen molar-refractivity contribution >= 4 is 5.91 Å². The summed E-state index contributed by atoms with van der Waals surface area (Å²) in [6.07, 6.45) is 7.51. The number of amides is 1. The second-order valence-electron chi connectivity index (χ2n) is 4.04. The smallest absolute Gasteiger partial charge is 0.223 e. The number of hydrogen-bond donors (Lipinski definition) is 2. The quantitative estimate of drug-likeness (QED) is 0.744. The molecular formula is C12H21N3O. The molecule has 0 saturated carbocycles. The third-order valence-electron chi connectivity index (χ3n) is 2.78. The van der Waals surface area contributed by atoms with Crippen LogP contribution in [0.25, 0.3) is 0 Å². The number of carbonyl (C=O) groups excluding carboxylic acids is 1. The maximum atomic E-state index is 11.8. The predicted octanol–water partition coefficient (Wildman–Crippen LogP) is 2.24. The second-order valence-corrected chi connectivity index (χ2v) is 4.04. The number of nitrogens with zero attached hydrogens (tertiary/aromatic N) is 1. The van der Waals surface area contributed by atoms with Crippen LogP contribution in [0.15, 0.2) is 12.5 Å². The van der Waals surface area contributed by atoms with Gasteiger partial charge in [-0.1, -0.05) is 26.7 Å². The van der Waals surface area contributed by atoms with Gasteiger partial charge in [-0.3, -0.25) is 4.79 Å². The SMILES string of the molecule is CCCCC(CC)C(=O)NCc1cnc[nH]1. The first-order valence-corrected chi connectivity index (χ1v) is 6.02. The first-order chi connectivity index (χ1) is 7.77. The molecule has 1 aromatic rings. The van der Waals surface area contributed by atoms with E-state index in [1.807, 2.05) is 0 Å². The lowest BCUT2D eigenvalue weighted by Crippen LogP contribution is -2.30. The average molecular weight is 223 g/mol. The molecule has 0 saturated heterocycles. The molecule has 0 fully saturated rings. The van der Waals surface area contributed by atoms with Gasteiger partial charge in [0.25, 0.3) is 0 Å². The zero-order chi connectivity index (χ0) is 11.8. The molecular weight excluding hydrogens is 202 g/mol. The molecule has 0 radical (unpaired) electrons. The van der Waals surface area contributed by atoms with Gasteiger partial charge in [0.1, 0.15) is 0 Å². The van der Waals surface area contributed by atoms with Crippen molar-refractivity contribution in [2.45, 2.75) is 46.1 Å². The van der Waals surface area contributed by atoms with Gasteiger partial charge in [-0.05, 0) is 12.8 Å². The highest BCUT2D eigenvalue weighted by Crippen LogP contribution is 2.12. The van der Waals surface area contributed by atoms with Gasteiger partial charge in [0.15, 0.2) is 0 Å². The standard InChI is InChI=1S/C12H21N3O/c1-3-5-6-10(4-2)12(16)14-8-11-7-13-9-15-11/h7,9-10H,3-6,8H2,1-2H3,(H,13,15)(H,14,16).